The summed E-state index contributed by atoms with van der Waals surface area (Å²) in [4.78, 5) is 23.3. The van der Waals surface area contributed by atoms with Crippen LogP contribution in [-0.4, -0.2) is 57.3 Å². The fourth-order valence-electron chi connectivity index (χ4n) is 3.70. The summed E-state index contributed by atoms with van der Waals surface area (Å²) in [6, 6.07) is 7.52. The van der Waals surface area contributed by atoms with E-state index in [1.807, 2.05) is 24.3 Å². The quantitative estimate of drug-likeness (QED) is 0.864. The average Bonchev–Trinajstić information content (AvgIpc) is 2.64. The van der Waals surface area contributed by atoms with Crippen molar-refractivity contribution < 1.29 is 14.6 Å². The van der Waals surface area contributed by atoms with Gasteiger partial charge in [0.2, 0.25) is 0 Å². The Morgan fingerprint density at radius 1 is 1.25 bits per heavy atom. The molecule has 0 aliphatic carbocycles. The topological polar surface area (TPSA) is 75.6 Å². The predicted molar refractivity (Wildman–Crippen MR) is 88.6 cm³/mol. The third-order valence-corrected chi connectivity index (χ3v) is 5.18. The third kappa shape index (κ3) is 2.65. The minimum atomic E-state index is -0.468. The van der Waals surface area contributed by atoms with Crippen LogP contribution < -0.4 is 0 Å². The Bertz CT molecular complexity index is 756. The standard InChI is InChI=1S/C18H21N3O3/c22-16-6-3-11-24-18(16)7-9-21(10-8-18)17(23)15-12-19-13-4-1-2-5-14(13)20-15/h1-2,4-5,12,16,22H,3,6-11H2. The van der Waals surface area contributed by atoms with E-state index < -0.39 is 11.7 Å². The van der Waals surface area contributed by atoms with Gasteiger partial charge in [-0.2, -0.15) is 0 Å². The molecule has 1 atom stereocenters. The molecule has 126 valence electrons. The number of aromatic nitrogens is 2. The van der Waals surface area contributed by atoms with E-state index >= 15 is 0 Å². The molecule has 3 heterocycles. The number of fused-ring (bicyclic) bond motifs is 1. The molecule has 1 unspecified atom stereocenters. The van der Waals surface area contributed by atoms with Crippen LogP contribution in [0.3, 0.4) is 0 Å². The number of carbonyl (C=O) groups excluding carboxylic acids is 1. The lowest BCUT2D eigenvalue weighted by Gasteiger charge is -2.46. The predicted octanol–water partition coefficient (Wildman–Crippen LogP) is 1.78. The molecule has 0 radical (unpaired) electrons. The Morgan fingerprint density at radius 3 is 2.75 bits per heavy atom. The van der Waals surface area contributed by atoms with Gasteiger partial charge in [-0.15, -0.1) is 0 Å². The molecule has 24 heavy (non-hydrogen) atoms. The average molecular weight is 327 g/mol. The number of benzene rings is 1. The van der Waals surface area contributed by atoms with Crippen molar-refractivity contribution >= 4 is 16.9 Å². The molecule has 2 fully saturated rings. The maximum atomic E-state index is 12.7. The van der Waals surface area contributed by atoms with E-state index in [4.69, 9.17) is 4.74 Å². The lowest BCUT2D eigenvalue weighted by Crippen LogP contribution is -2.56. The number of amides is 1. The first-order chi connectivity index (χ1) is 11.7. The molecule has 6 nitrogen and oxygen atoms in total. The van der Waals surface area contributed by atoms with E-state index in [9.17, 15) is 9.90 Å². The molecule has 2 aromatic rings. The summed E-state index contributed by atoms with van der Waals surface area (Å²) in [5, 5.41) is 10.3. The van der Waals surface area contributed by atoms with Gasteiger partial charge in [0.05, 0.1) is 28.9 Å². The number of para-hydroxylation sites is 2. The molecule has 1 aromatic heterocycles. The minimum Gasteiger partial charge on any atom is -0.390 e. The number of hydrogen-bond donors (Lipinski definition) is 1. The van der Waals surface area contributed by atoms with Crippen molar-refractivity contribution in [2.24, 2.45) is 0 Å². The van der Waals surface area contributed by atoms with E-state index in [-0.39, 0.29) is 5.91 Å². The van der Waals surface area contributed by atoms with E-state index in [1.165, 1.54) is 0 Å². The van der Waals surface area contributed by atoms with Crippen LogP contribution in [-0.2, 0) is 4.74 Å². The second-order valence-electron chi connectivity index (χ2n) is 6.61. The fraction of sp³-hybridized carbons (Fsp3) is 0.500. The number of likely N-dealkylation sites (tertiary alicyclic amines) is 1. The maximum absolute atomic E-state index is 12.7. The van der Waals surface area contributed by atoms with Gasteiger partial charge in [0.15, 0.2) is 0 Å². The van der Waals surface area contributed by atoms with Crippen LogP contribution in [0.4, 0.5) is 0 Å². The molecule has 1 N–H and O–H groups in total. The Balaban J connectivity index is 1.49. The van der Waals surface area contributed by atoms with Crippen LogP contribution in [0.5, 0.6) is 0 Å². The Labute approximate surface area is 140 Å². The van der Waals surface area contributed by atoms with Gasteiger partial charge in [-0.05, 0) is 37.8 Å². The third-order valence-electron chi connectivity index (χ3n) is 5.18. The lowest BCUT2D eigenvalue weighted by atomic mass is 9.82. The molecule has 2 aliphatic heterocycles. The zero-order valence-corrected chi connectivity index (χ0v) is 13.5. The van der Waals surface area contributed by atoms with Gasteiger partial charge in [-0.3, -0.25) is 9.78 Å². The lowest BCUT2D eigenvalue weighted by molar-refractivity contribution is -0.174. The highest BCUT2D eigenvalue weighted by Gasteiger charge is 2.44. The number of aliphatic hydroxyl groups is 1. The Morgan fingerprint density at radius 2 is 2.00 bits per heavy atom. The summed E-state index contributed by atoms with van der Waals surface area (Å²) < 4.78 is 5.89. The number of piperidine rings is 1. The van der Waals surface area contributed by atoms with Gasteiger partial charge < -0.3 is 14.7 Å². The van der Waals surface area contributed by atoms with Crippen molar-refractivity contribution in [2.45, 2.75) is 37.4 Å². The van der Waals surface area contributed by atoms with E-state index in [1.54, 1.807) is 11.1 Å². The van der Waals surface area contributed by atoms with Gasteiger partial charge in [-0.25, -0.2) is 4.98 Å². The summed E-state index contributed by atoms with van der Waals surface area (Å²) in [6.07, 6.45) is 4.13. The molecule has 2 aliphatic rings. The SMILES string of the molecule is O=C(c1cnc2ccccc2n1)N1CCC2(CC1)OCCCC2O. The molecule has 1 amide bonds. The number of hydrogen-bond acceptors (Lipinski definition) is 5. The van der Waals surface area contributed by atoms with Crippen molar-refractivity contribution in [3.05, 3.63) is 36.2 Å². The normalized spacial score (nSPS) is 23.5. The van der Waals surface area contributed by atoms with E-state index in [0.29, 0.717) is 38.2 Å². The number of carbonyl (C=O) groups is 1. The van der Waals surface area contributed by atoms with Crippen molar-refractivity contribution in [1.29, 1.82) is 0 Å². The Kier molecular flexibility index (Phi) is 3.94. The first kappa shape index (κ1) is 15.5. The van der Waals surface area contributed by atoms with E-state index in [0.717, 1.165) is 23.9 Å². The molecule has 0 saturated carbocycles. The van der Waals surface area contributed by atoms with Gasteiger partial charge in [-0.1, -0.05) is 12.1 Å². The number of aliphatic hydroxyl groups excluding tert-OH is 1. The summed E-state index contributed by atoms with van der Waals surface area (Å²) in [5.41, 5.74) is 1.41. The molecule has 1 spiro atoms. The van der Waals surface area contributed by atoms with Crippen molar-refractivity contribution in [3.8, 4) is 0 Å². The van der Waals surface area contributed by atoms with Crippen LogP contribution in [0.15, 0.2) is 30.5 Å². The van der Waals surface area contributed by atoms with Crippen LogP contribution in [0.2, 0.25) is 0 Å². The summed E-state index contributed by atoms with van der Waals surface area (Å²) >= 11 is 0. The van der Waals surface area contributed by atoms with Gasteiger partial charge in [0.1, 0.15) is 5.69 Å². The summed E-state index contributed by atoms with van der Waals surface area (Å²) in [6.45, 7) is 1.84. The van der Waals surface area contributed by atoms with Crippen LogP contribution >= 0.6 is 0 Å². The second kappa shape index (κ2) is 6.11. The minimum absolute atomic E-state index is 0.103. The molecule has 2 saturated heterocycles. The highest BCUT2D eigenvalue weighted by Crippen LogP contribution is 2.35. The highest BCUT2D eigenvalue weighted by atomic mass is 16.5. The van der Waals surface area contributed by atoms with E-state index in [2.05, 4.69) is 9.97 Å². The van der Waals surface area contributed by atoms with Crippen LogP contribution in [0.1, 0.15) is 36.2 Å². The zero-order chi connectivity index (χ0) is 16.6. The largest absolute Gasteiger partial charge is 0.390 e. The van der Waals surface area contributed by atoms with Crippen molar-refractivity contribution in [3.63, 3.8) is 0 Å². The molecule has 6 heteroatoms. The molecule has 1 aromatic carbocycles. The smallest absolute Gasteiger partial charge is 0.274 e. The van der Waals surface area contributed by atoms with Gasteiger partial charge in [0, 0.05) is 19.7 Å². The first-order valence-electron chi connectivity index (χ1n) is 8.51. The van der Waals surface area contributed by atoms with Crippen molar-refractivity contribution in [2.75, 3.05) is 19.7 Å². The molecule has 0 bridgehead atoms. The molecule has 4 rings (SSSR count). The molecular weight excluding hydrogens is 306 g/mol. The zero-order valence-electron chi connectivity index (χ0n) is 13.5. The van der Waals surface area contributed by atoms with Crippen LogP contribution in [0.25, 0.3) is 11.0 Å². The van der Waals surface area contributed by atoms with Crippen LogP contribution in [0, 0.1) is 0 Å². The molecular formula is C18H21N3O3. The summed E-state index contributed by atoms with van der Waals surface area (Å²) in [5.74, 6) is -0.103. The number of rotatable bonds is 1. The number of ether oxygens (including phenoxy) is 1. The monoisotopic (exact) mass is 327 g/mol. The fourth-order valence-corrected chi connectivity index (χ4v) is 3.70. The highest BCUT2D eigenvalue weighted by molar-refractivity contribution is 5.93. The van der Waals surface area contributed by atoms with Gasteiger partial charge in [0.25, 0.3) is 5.91 Å². The van der Waals surface area contributed by atoms with Crippen molar-refractivity contribution in [1.82, 2.24) is 14.9 Å². The first-order valence-corrected chi connectivity index (χ1v) is 8.51. The second-order valence-corrected chi connectivity index (χ2v) is 6.61. The maximum Gasteiger partial charge on any atom is 0.274 e. The Hall–Kier alpha value is -2.05. The van der Waals surface area contributed by atoms with Gasteiger partial charge >= 0.3 is 0 Å². The number of nitrogens with zero attached hydrogens (tertiary/aromatic N) is 3. The summed E-state index contributed by atoms with van der Waals surface area (Å²) in [7, 11) is 0.